The van der Waals surface area contributed by atoms with Crippen LogP contribution in [0.2, 0.25) is 0 Å². The highest BCUT2D eigenvalue weighted by Crippen LogP contribution is 2.34. The van der Waals surface area contributed by atoms with Gasteiger partial charge in [0.2, 0.25) is 0 Å². The molecule has 0 aliphatic rings. The number of furan rings is 1. The Balaban J connectivity index is 2.47. The van der Waals surface area contributed by atoms with Crippen LogP contribution in [0.25, 0.3) is 11.3 Å². The maximum Gasteiger partial charge on any atom is 0.138 e. The Hall–Kier alpha value is -1.94. The highest BCUT2D eigenvalue weighted by Gasteiger charge is 2.11. The molecule has 1 N–H and O–H groups in total. The maximum absolute atomic E-state index is 9.01. The molecular weight excluding hydrogens is 220 g/mol. The predicted octanol–water partition coefficient (Wildman–Crippen LogP) is 2.46. The lowest BCUT2D eigenvalue weighted by molar-refractivity contribution is 0.280. The number of aliphatic hydroxyl groups excluding tert-OH is 1. The van der Waals surface area contributed by atoms with Crippen LogP contribution < -0.4 is 9.47 Å². The van der Waals surface area contributed by atoms with Crippen LogP contribution in [0.1, 0.15) is 5.56 Å². The molecule has 0 amide bonds. The fourth-order valence-electron chi connectivity index (χ4n) is 1.61. The summed E-state index contributed by atoms with van der Waals surface area (Å²) in [5, 5.41) is 9.01. The van der Waals surface area contributed by atoms with E-state index in [0.717, 1.165) is 16.9 Å². The van der Waals surface area contributed by atoms with Crippen LogP contribution in [0, 0.1) is 0 Å². The van der Waals surface area contributed by atoms with E-state index in [1.54, 1.807) is 20.3 Å². The Morgan fingerprint density at radius 2 is 2.00 bits per heavy atom. The van der Waals surface area contributed by atoms with E-state index in [-0.39, 0.29) is 6.61 Å². The number of hydrogen-bond donors (Lipinski definition) is 1. The van der Waals surface area contributed by atoms with Gasteiger partial charge in [-0.2, -0.15) is 0 Å². The summed E-state index contributed by atoms with van der Waals surface area (Å²) in [6.07, 6.45) is 1.52. The average molecular weight is 234 g/mol. The second-order valence-corrected chi connectivity index (χ2v) is 3.54. The average Bonchev–Trinajstić information content (AvgIpc) is 2.86. The first-order chi connectivity index (χ1) is 8.28. The molecule has 0 atom stereocenters. The minimum absolute atomic E-state index is 0.0458. The van der Waals surface area contributed by atoms with Gasteiger partial charge < -0.3 is 19.0 Å². The predicted molar refractivity (Wildman–Crippen MR) is 63.2 cm³/mol. The third kappa shape index (κ3) is 2.26. The quantitative estimate of drug-likeness (QED) is 0.882. The molecule has 90 valence electrons. The molecule has 0 aliphatic carbocycles. The van der Waals surface area contributed by atoms with Crippen molar-refractivity contribution in [3.63, 3.8) is 0 Å². The summed E-state index contributed by atoms with van der Waals surface area (Å²) in [6, 6.07) is 7.24. The van der Waals surface area contributed by atoms with E-state index in [1.165, 1.54) is 6.26 Å². The van der Waals surface area contributed by atoms with Gasteiger partial charge >= 0.3 is 0 Å². The van der Waals surface area contributed by atoms with Gasteiger partial charge in [-0.05, 0) is 24.3 Å². The summed E-state index contributed by atoms with van der Waals surface area (Å²) in [7, 11) is 3.20. The van der Waals surface area contributed by atoms with Gasteiger partial charge in [0, 0.05) is 5.56 Å². The zero-order valence-electron chi connectivity index (χ0n) is 9.77. The van der Waals surface area contributed by atoms with E-state index in [0.29, 0.717) is 11.5 Å². The second-order valence-electron chi connectivity index (χ2n) is 3.54. The molecule has 0 saturated heterocycles. The highest BCUT2D eigenvalue weighted by atomic mass is 16.5. The summed E-state index contributed by atoms with van der Waals surface area (Å²) in [5.74, 6) is 2.07. The zero-order valence-corrected chi connectivity index (χ0v) is 9.77. The van der Waals surface area contributed by atoms with E-state index >= 15 is 0 Å². The summed E-state index contributed by atoms with van der Waals surface area (Å²) in [6.45, 7) is -0.0458. The molecular formula is C13H14O4. The lowest BCUT2D eigenvalue weighted by atomic mass is 10.1. The van der Waals surface area contributed by atoms with Crippen LogP contribution in [0.15, 0.2) is 34.9 Å². The van der Waals surface area contributed by atoms with E-state index in [1.807, 2.05) is 18.2 Å². The van der Waals surface area contributed by atoms with E-state index < -0.39 is 0 Å². The van der Waals surface area contributed by atoms with Gasteiger partial charge in [0.15, 0.2) is 0 Å². The molecule has 0 unspecified atom stereocenters. The Kier molecular flexibility index (Phi) is 3.35. The van der Waals surface area contributed by atoms with Crippen molar-refractivity contribution < 1.29 is 19.0 Å². The first-order valence-electron chi connectivity index (χ1n) is 5.19. The SMILES string of the molecule is COc1ccc(OC)c(-c2cc(CO)co2)c1. The Bertz CT molecular complexity index is 502. The van der Waals surface area contributed by atoms with Crippen LogP contribution in [0.3, 0.4) is 0 Å². The largest absolute Gasteiger partial charge is 0.497 e. The molecule has 0 aliphatic heterocycles. The van der Waals surface area contributed by atoms with E-state index in [9.17, 15) is 0 Å². The molecule has 1 aromatic heterocycles. The van der Waals surface area contributed by atoms with Crippen molar-refractivity contribution in [2.45, 2.75) is 6.61 Å². The van der Waals surface area contributed by atoms with Crippen LogP contribution >= 0.6 is 0 Å². The Morgan fingerprint density at radius 1 is 1.18 bits per heavy atom. The van der Waals surface area contributed by atoms with Gasteiger partial charge in [-0.3, -0.25) is 0 Å². The van der Waals surface area contributed by atoms with Crippen molar-refractivity contribution in [2.75, 3.05) is 14.2 Å². The molecule has 0 bridgehead atoms. The maximum atomic E-state index is 9.01. The van der Waals surface area contributed by atoms with Crippen LogP contribution in [-0.2, 0) is 6.61 Å². The van der Waals surface area contributed by atoms with Gasteiger partial charge in [-0.1, -0.05) is 0 Å². The third-order valence-electron chi connectivity index (χ3n) is 2.51. The van der Waals surface area contributed by atoms with Crippen molar-refractivity contribution in [1.82, 2.24) is 0 Å². The molecule has 2 aromatic rings. The van der Waals surface area contributed by atoms with Crippen molar-refractivity contribution in [2.24, 2.45) is 0 Å². The monoisotopic (exact) mass is 234 g/mol. The number of ether oxygens (including phenoxy) is 2. The lowest BCUT2D eigenvalue weighted by Gasteiger charge is -2.08. The molecule has 1 heterocycles. The fourth-order valence-corrected chi connectivity index (χ4v) is 1.61. The second kappa shape index (κ2) is 4.93. The topological polar surface area (TPSA) is 51.8 Å². The molecule has 0 fully saturated rings. The smallest absolute Gasteiger partial charge is 0.138 e. The lowest BCUT2D eigenvalue weighted by Crippen LogP contribution is -1.89. The number of aliphatic hydroxyl groups is 1. The van der Waals surface area contributed by atoms with Crippen molar-refractivity contribution >= 4 is 0 Å². The number of rotatable bonds is 4. The molecule has 4 nitrogen and oxygen atoms in total. The van der Waals surface area contributed by atoms with Gasteiger partial charge in [0.1, 0.15) is 17.3 Å². The van der Waals surface area contributed by atoms with Crippen LogP contribution in [-0.4, -0.2) is 19.3 Å². The summed E-state index contributed by atoms with van der Waals surface area (Å²) >= 11 is 0. The van der Waals surface area contributed by atoms with Crippen molar-refractivity contribution in [1.29, 1.82) is 0 Å². The highest BCUT2D eigenvalue weighted by molar-refractivity contribution is 5.68. The standard InChI is InChI=1S/C13H14O4/c1-15-10-3-4-12(16-2)11(6-10)13-5-9(7-14)8-17-13/h3-6,8,14H,7H2,1-2H3. The van der Waals surface area contributed by atoms with E-state index in [2.05, 4.69) is 0 Å². The summed E-state index contributed by atoms with van der Waals surface area (Å²) in [4.78, 5) is 0. The molecule has 2 rings (SSSR count). The molecule has 4 heteroatoms. The summed E-state index contributed by atoms with van der Waals surface area (Å²) in [5.41, 5.74) is 1.52. The molecule has 0 radical (unpaired) electrons. The van der Waals surface area contributed by atoms with E-state index in [4.69, 9.17) is 19.0 Å². The fraction of sp³-hybridized carbons (Fsp3) is 0.231. The summed E-state index contributed by atoms with van der Waals surface area (Å²) < 4.78 is 15.8. The van der Waals surface area contributed by atoms with Crippen LogP contribution in [0.4, 0.5) is 0 Å². The number of benzene rings is 1. The Morgan fingerprint density at radius 3 is 2.59 bits per heavy atom. The van der Waals surface area contributed by atoms with Gasteiger partial charge in [-0.15, -0.1) is 0 Å². The molecule has 17 heavy (non-hydrogen) atoms. The first kappa shape index (κ1) is 11.5. The van der Waals surface area contributed by atoms with Gasteiger partial charge in [0.25, 0.3) is 0 Å². The molecule has 0 saturated carbocycles. The number of hydrogen-bond acceptors (Lipinski definition) is 4. The molecule has 0 spiro atoms. The van der Waals surface area contributed by atoms with Crippen molar-refractivity contribution in [3.8, 4) is 22.8 Å². The first-order valence-corrected chi connectivity index (χ1v) is 5.19. The zero-order chi connectivity index (χ0) is 12.3. The normalized spacial score (nSPS) is 10.3. The minimum atomic E-state index is -0.0458. The number of methoxy groups -OCH3 is 2. The van der Waals surface area contributed by atoms with Gasteiger partial charge in [0.05, 0.1) is 32.7 Å². The van der Waals surface area contributed by atoms with Gasteiger partial charge in [-0.25, -0.2) is 0 Å². The van der Waals surface area contributed by atoms with Crippen molar-refractivity contribution in [3.05, 3.63) is 36.1 Å². The Labute approximate surface area is 99.4 Å². The van der Waals surface area contributed by atoms with Crippen LogP contribution in [0.5, 0.6) is 11.5 Å². The minimum Gasteiger partial charge on any atom is -0.497 e. The molecule has 1 aromatic carbocycles. The third-order valence-corrected chi connectivity index (χ3v) is 2.51.